The molecule has 0 aliphatic rings. The third-order valence-electron chi connectivity index (χ3n) is 1.42. The molecule has 1 N–H and O–H groups in total. The van der Waals surface area contributed by atoms with Crippen LogP contribution >= 0.6 is 0 Å². The third-order valence-corrected chi connectivity index (χ3v) is 5.34. The minimum absolute atomic E-state index is 0.220. The van der Waals surface area contributed by atoms with E-state index in [1.807, 2.05) is 4.72 Å². The summed E-state index contributed by atoms with van der Waals surface area (Å²) >= 11 is 0. The first kappa shape index (κ1) is 11.0. The van der Waals surface area contributed by atoms with Crippen LogP contribution in [0.3, 0.4) is 0 Å². The van der Waals surface area contributed by atoms with E-state index in [2.05, 4.69) is 0 Å². The molecule has 0 unspecified atom stereocenters. The average molecular weight is 235 g/mol. The van der Waals surface area contributed by atoms with Crippen LogP contribution in [-0.2, 0) is 17.9 Å². The molecule has 0 atom stereocenters. The second-order valence-electron chi connectivity index (χ2n) is 2.63. The molecule has 0 aliphatic heterocycles. The molecule has 0 aliphatic carbocycles. The molecule has 0 fully saturated rings. The van der Waals surface area contributed by atoms with Gasteiger partial charge in [-0.1, -0.05) is 18.2 Å². The van der Waals surface area contributed by atoms with Crippen LogP contribution in [0.15, 0.2) is 30.3 Å². The van der Waals surface area contributed by atoms with Crippen molar-refractivity contribution in [1.29, 1.82) is 0 Å². The molecule has 0 saturated heterocycles. The van der Waals surface area contributed by atoms with Gasteiger partial charge < -0.3 is 0 Å². The highest BCUT2D eigenvalue weighted by Gasteiger charge is 2.23. The van der Waals surface area contributed by atoms with Crippen molar-refractivity contribution in [3.63, 3.8) is 0 Å². The Kier molecular flexibility index (Phi) is 2.81. The molecule has 0 radical (unpaired) electrons. The van der Waals surface area contributed by atoms with E-state index in [4.69, 9.17) is 0 Å². The fraction of sp³-hybridized carbons (Fsp3) is 0.143. The molecular weight excluding hydrogens is 226 g/mol. The lowest BCUT2D eigenvalue weighted by Gasteiger charge is -2.04. The van der Waals surface area contributed by atoms with Crippen molar-refractivity contribution in [1.82, 2.24) is 0 Å². The molecule has 0 bridgehead atoms. The lowest BCUT2D eigenvalue weighted by molar-refractivity contribution is 0.588. The van der Waals surface area contributed by atoms with E-state index < -0.39 is 17.9 Å². The first-order valence-electron chi connectivity index (χ1n) is 3.61. The van der Waals surface area contributed by atoms with Crippen LogP contribution in [0.1, 0.15) is 0 Å². The second-order valence-corrected chi connectivity index (χ2v) is 8.28. The standard InChI is InChI=1S/C7H9NO4S2/c1-13(9,10)14(11,12)8-7-5-3-2-4-6-7/h2-6,8H,1H3. The summed E-state index contributed by atoms with van der Waals surface area (Å²) in [5, 5.41) is 0. The highest BCUT2D eigenvalue weighted by Crippen LogP contribution is 2.10. The van der Waals surface area contributed by atoms with E-state index in [1.165, 1.54) is 12.1 Å². The summed E-state index contributed by atoms with van der Waals surface area (Å²) < 4.78 is 45.8. The number of hydrogen-bond donors (Lipinski definition) is 1. The SMILES string of the molecule is CS(=O)(=O)S(=O)(=O)Nc1ccccc1. The average Bonchev–Trinajstić information content (AvgIpc) is 2.03. The van der Waals surface area contributed by atoms with Crippen LogP contribution in [0.2, 0.25) is 0 Å². The zero-order chi connectivity index (χ0) is 10.8. The van der Waals surface area contributed by atoms with Gasteiger partial charge in [0.2, 0.25) is 0 Å². The molecular formula is C7H9NO4S2. The molecule has 0 spiro atoms. The zero-order valence-corrected chi connectivity index (χ0v) is 8.97. The van der Waals surface area contributed by atoms with E-state index in [-0.39, 0.29) is 5.69 Å². The van der Waals surface area contributed by atoms with Gasteiger partial charge in [0.25, 0.3) is 8.87 Å². The minimum Gasteiger partial charge on any atom is -0.271 e. The van der Waals surface area contributed by atoms with Gasteiger partial charge in [0.15, 0.2) is 0 Å². The Bertz CT molecular complexity index is 504. The summed E-state index contributed by atoms with van der Waals surface area (Å²) in [6, 6.07) is 7.81. The van der Waals surface area contributed by atoms with E-state index >= 15 is 0 Å². The van der Waals surface area contributed by atoms with E-state index in [0.717, 1.165) is 0 Å². The Balaban J connectivity index is 3.03. The first-order valence-corrected chi connectivity index (χ1v) is 7.50. The van der Waals surface area contributed by atoms with Crippen molar-refractivity contribution in [3.8, 4) is 0 Å². The van der Waals surface area contributed by atoms with Gasteiger partial charge >= 0.3 is 9.06 Å². The molecule has 78 valence electrons. The smallest absolute Gasteiger partial charge is 0.271 e. The number of anilines is 1. The van der Waals surface area contributed by atoms with Gasteiger partial charge in [-0.05, 0) is 12.1 Å². The molecule has 5 nitrogen and oxygen atoms in total. The van der Waals surface area contributed by atoms with Crippen LogP contribution in [0, 0.1) is 0 Å². The Hall–Kier alpha value is -1.08. The molecule has 0 saturated carbocycles. The molecule has 1 aromatic rings. The Morgan fingerprint density at radius 3 is 1.93 bits per heavy atom. The van der Waals surface area contributed by atoms with Crippen molar-refractivity contribution in [2.45, 2.75) is 0 Å². The largest absolute Gasteiger partial charge is 0.338 e. The van der Waals surface area contributed by atoms with Gasteiger partial charge in [-0.3, -0.25) is 4.72 Å². The summed E-state index contributed by atoms with van der Waals surface area (Å²) in [4.78, 5) is 0. The summed E-state index contributed by atoms with van der Waals surface area (Å²) in [6.07, 6.45) is 0.637. The maximum absolute atomic E-state index is 11.1. The van der Waals surface area contributed by atoms with Gasteiger partial charge in [0.05, 0.1) is 6.26 Å². The van der Waals surface area contributed by atoms with Crippen molar-refractivity contribution >= 4 is 23.6 Å². The molecule has 0 heterocycles. The third kappa shape index (κ3) is 2.46. The predicted molar refractivity (Wildman–Crippen MR) is 53.8 cm³/mol. The molecule has 7 heteroatoms. The van der Waals surface area contributed by atoms with Gasteiger partial charge in [0, 0.05) is 5.69 Å². The minimum atomic E-state index is -4.33. The Labute approximate surface area is 82.1 Å². The first-order chi connectivity index (χ1) is 6.33. The van der Waals surface area contributed by atoms with Crippen molar-refractivity contribution in [2.24, 2.45) is 0 Å². The fourth-order valence-corrected chi connectivity index (χ4v) is 2.05. The van der Waals surface area contributed by atoms with Crippen LogP contribution in [0.25, 0.3) is 0 Å². The molecule has 0 amide bonds. The monoisotopic (exact) mass is 235 g/mol. The lowest BCUT2D eigenvalue weighted by atomic mass is 10.3. The van der Waals surface area contributed by atoms with Gasteiger partial charge in [-0.15, -0.1) is 0 Å². The summed E-state index contributed by atoms with van der Waals surface area (Å²) in [6.45, 7) is 0. The second kappa shape index (κ2) is 3.58. The highest BCUT2D eigenvalue weighted by atomic mass is 33.2. The van der Waals surface area contributed by atoms with Gasteiger partial charge in [0.1, 0.15) is 0 Å². The van der Waals surface area contributed by atoms with Crippen LogP contribution in [0.5, 0.6) is 0 Å². The number of rotatable bonds is 3. The van der Waals surface area contributed by atoms with Crippen molar-refractivity contribution in [3.05, 3.63) is 30.3 Å². The summed E-state index contributed by atoms with van der Waals surface area (Å²) in [5.41, 5.74) is 0.220. The fourth-order valence-electron chi connectivity index (χ4n) is 0.726. The summed E-state index contributed by atoms with van der Waals surface area (Å²) in [5.74, 6) is 0. The van der Waals surface area contributed by atoms with Crippen molar-refractivity contribution < 1.29 is 16.8 Å². The Morgan fingerprint density at radius 2 is 1.50 bits per heavy atom. The van der Waals surface area contributed by atoms with Crippen LogP contribution < -0.4 is 4.72 Å². The molecule has 1 rings (SSSR count). The van der Waals surface area contributed by atoms with E-state index in [1.54, 1.807) is 18.2 Å². The van der Waals surface area contributed by atoms with Gasteiger partial charge in [-0.25, -0.2) is 8.42 Å². The van der Waals surface area contributed by atoms with Gasteiger partial charge in [-0.2, -0.15) is 8.42 Å². The van der Waals surface area contributed by atoms with Crippen LogP contribution in [-0.4, -0.2) is 23.1 Å². The topological polar surface area (TPSA) is 80.3 Å². The van der Waals surface area contributed by atoms with Crippen LogP contribution in [0.4, 0.5) is 5.69 Å². The van der Waals surface area contributed by atoms with Crippen molar-refractivity contribution in [2.75, 3.05) is 11.0 Å². The number of hydrogen-bond acceptors (Lipinski definition) is 4. The molecule has 14 heavy (non-hydrogen) atoms. The zero-order valence-electron chi connectivity index (χ0n) is 7.34. The number of nitrogens with one attached hydrogen (secondary N) is 1. The van der Waals surface area contributed by atoms with E-state index in [0.29, 0.717) is 6.26 Å². The maximum Gasteiger partial charge on any atom is 0.338 e. The number of benzene rings is 1. The Morgan fingerprint density at radius 1 is 1.00 bits per heavy atom. The normalized spacial score (nSPS) is 12.4. The quantitative estimate of drug-likeness (QED) is 0.768. The summed E-state index contributed by atoms with van der Waals surface area (Å²) in [7, 11) is -8.47. The predicted octanol–water partition coefficient (Wildman–Crippen LogP) is 0.388. The lowest BCUT2D eigenvalue weighted by Crippen LogP contribution is -2.21. The number of para-hydroxylation sites is 1. The highest BCUT2D eigenvalue weighted by molar-refractivity contribution is 8.67. The molecule has 0 aromatic heterocycles. The molecule has 1 aromatic carbocycles. The maximum atomic E-state index is 11.1. The van der Waals surface area contributed by atoms with E-state index in [9.17, 15) is 16.8 Å².